The zero-order valence-electron chi connectivity index (χ0n) is 19.2. The molecule has 0 saturated carbocycles. The number of benzene rings is 1. The molecule has 0 unspecified atom stereocenters. The zero-order valence-corrected chi connectivity index (χ0v) is 19.2. The van der Waals surface area contributed by atoms with Crippen LogP contribution in [0, 0.1) is 31.6 Å². The lowest BCUT2D eigenvalue weighted by molar-refractivity contribution is 0.0824. The number of ketones is 1. The molecular formula is C26H37NO. The van der Waals surface area contributed by atoms with Crippen molar-refractivity contribution in [2.45, 2.75) is 74.3 Å². The third-order valence-electron chi connectivity index (χ3n) is 5.17. The van der Waals surface area contributed by atoms with Crippen molar-refractivity contribution in [2.75, 3.05) is 6.54 Å². The smallest absolute Gasteiger partial charge is 0.182 e. The summed E-state index contributed by atoms with van der Waals surface area (Å²) in [6.07, 6.45) is 10.5. The Morgan fingerprint density at radius 3 is 2.29 bits per heavy atom. The zero-order chi connectivity index (χ0) is 21.7. The van der Waals surface area contributed by atoms with Gasteiger partial charge in [-0.2, -0.15) is 0 Å². The van der Waals surface area contributed by atoms with Crippen LogP contribution in [0.5, 0.6) is 0 Å². The van der Waals surface area contributed by atoms with Gasteiger partial charge in [-0.1, -0.05) is 58.7 Å². The monoisotopic (exact) mass is 379 g/mol. The molecule has 1 saturated heterocycles. The number of nitrogens with zero attached hydrogens (tertiary/aromatic N) is 1. The molecule has 0 radical (unpaired) electrons. The summed E-state index contributed by atoms with van der Waals surface area (Å²) in [4.78, 5) is 15.1. The Bertz CT molecular complexity index is 810. The Morgan fingerprint density at radius 1 is 1.18 bits per heavy atom. The van der Waals surface area contributed by atoms with Gasteiger partial charge in [0, 0.05) is 16.8 Å². The lowest BCUT2D eigenvalue weighted by Crippen LogP contribution is -2.57. The topological polar surface area (TPSA) is 20.3 Å². The lowest BCUT2D eigenvalue weighted by atomic mass is 9.77. The summed E-state index contributed by atoms with van der Waals surface area (Å²) in [5.74, 6) is 2.80. The molecule has 2 nitrogen and oxygen atoms in total. The molecule has 1 aliphatic rings. The number of Topliss-reactive ketones (excluding diaryl/α,β-unsaturated/α-hetero) is 1. The van der Waals surface area contributed by atoms with E-state index in [0.717, 1.165) is 28.8 Å². The van der Waals surface area contributed by atoms with Crippen molar-refractivity contribution in [2.24, 2.45) is 5.41 Å². The van der Waals surface area contributed by atoms with Gasteiger partial charge in [0.25, 0.3) is 0 Å². The van der Waals surface area contributed by atoms with Crippen molar-refractivity contribution < 1.29 is 4.79 Å². The average molecular weight is 380 g/mol. The fourth-order valence-electron chi connectivity index (χ4n) is 3.24. The molecule has 0 atom stereocenters. The Morgan fingerprint density at radius 2 is 1.79 bits per heavy atom. The molecule has 1 fully saturated rings. The van der Waals surface area contributed by atoms with E-state index < -0.39 is 0 Å². The molecule has 0 spiro atoms. The molecule has 0 bridgehead atoms. The molecule has 152 valence electrons. The second-order valence-corrected chi connectivity index (χ2v) is 8.95. The van der Waals surface area contributed by atoms with Crippen LogP contribution < -0.4 is 0 Å². The number of likely N-dealkylation sites (tertiary alicyclic amines) is 1. The highest BCUT2D eigenvalue weighted by Crippen LogP contribution is 2.45. The van der Waals surface area contributed by atoms with Crippen LogP contribution in [-0.4, -0.2) is 22.8 Å². The molecular weight excluding hydrogens is 342 g/mol. The molecule has 2 rings (SSSR count). The van der Waals surface area contributed by atoms with Crippen LogP contribution in [0.15, 0.2) is 41.6 Å². The van der Waals surface area contributed by atoms with Gasteiger partial charge in [0.05, 0.1) is 12.1 Å². The highest BCUT2D eigenvalue weighted by Gasteiger charge is 2.45. The van der Waals surface area contributed by atoms with E-state index in [1.165, 1.54) is 5.56 Å². The first-order valence-electron chi connectivity index (χ1n) is 10.2. The largest absolute Gasteiger partial charge is 0.354 e. The molecule has 28 heavy (non-hydrogen) atoms. The van der Waals surface area contributed by atoms with E-state index in [4.69, 9.17) is 6.42 Å². The highest BCUT2D eigenvalue weighted by molar-refractivity contribution is 5.98. The van der Waals surface area contributed by atoms with Gasteiger partial charge in [-0.3, -0.25) is 4.79 Å². The predicted molar refractivity (Wildman–Crippen MR) is 121 cm³/mol. The Kier molecular flexibility index (Phi) is 7.88. The molecule has 1 aromatic carbocycles. The fourth-order valence-corrected chi connectivity index (χ4v) is 3.24. The van der Waals surface area contributed by atoms with Gasteiger partial charge in [-0.25, -0.2) is 0 Å². The van der Waals surface area contributed by atoms with E-state index >= 15 is 0 Å². The van der Waals surface area contributed by atoms with Gasteiger partial charge in [0.15, 0.2) is 5.78 Å². The Hall–Kier alpha value is -2.27. The number of allylic oxidation sites excluding steroid dienone is 2. The first kappa shape index (κ1) is 23.8. The fraction of sp³-hybridized carbons (Fsp3) is 0.500. The van der Waals surface area contributed by atoms with Gasteiger partial charge in [0.2, 0.25) is 0 Å². The summed E-state index contributed by atoms with van der Waals surface area (Å²) < 4.78 is 0. The van der Waals surface area contributed by atoms with Gasteiger partial charge >= 0.3 is 0 Å². The minimum absolute atomic E-state index is 0.141. The van der Waals surface area contributed by atoms with Crippen LogP contribution in [0.3, 0.4) is 0 Å². The summed E-state index contributed by atoms with van der Waals surface area (Å²) in [6, 6.07) is 5.93. The molecule has 0 N–H and O–H groups in total. The van der Waals surface area contributed by atoms with Crippen molar-refractivity contribution in [1.29, 1.82) is 0 Å². The second kappa shape index (κ2) is 9.28. The van der Waals surface area contributed by atoms with Gasteiger partial charge < -0.3 is 4.90 Å². The summed E-state index contributed by atoms with van der Waals surface area (Å²) in [6.45, 7) is 19.4. The SMILES string of the molecule is C#C/C=C1\C(=C/CC(C)(C)C)N(CC(=O)c2ccc(C)c(C)c2)C1(C)C.CC. The maximum Gasteiger partial charge on any atom is 0.182 e. The van der Waals surface area contributed by atoms with Gasteiger partial charge in [-0.15, -0.1) is 6.42 Å². The van der Waals surface area contributed by atoms with Crippen molar-refractivity contribution in [1.82, 2.24) is 4.90 Å². The Labute approximate surface area is 172 Å². The highest BCUT2D eigenvalue weighted by atomic mass is 16.1. The maximum absolute atomic E-state index is 12.9. The number of hydrogen-bond donors (Lipinski definition) is 0. The quantitative estimate of drug-likeness (QED) is 0.440. The summed E-state index contributed by atoms with van der Waals surface area (Å²) >= 11 is 0. The first-order chi connectivity index (χ1) is 13.0. The van der Waals surface area contributed by atoms with Crippen LogP contribution in [0.1, 0.15) is 76.4 Å². The second-order valence-electron chi connectivity index (χ2n) is 8.95. The third-order valence-corrected chi connectivity index (χ3v) is 5.17. The molecule has 1 aliphatic heterocycles. The molecule has 2 heteroatoms. The lowest BCUT2D eigenvalue weighted by Gasteiger charge is -2.54. The Balaban J connectivity index is 0.00000190. The van der Waals surface area contributed by atoms with E-state index in [1.807, 2.05) is 45.0 Å². The van der Waals surface area contributed by atoms with Crippen LogP contribution in [0.2, 0.25) is 0 Å². The van der Waals surface area contributed by atoms with Crippen molar-refractivity contribution in [3.8, 4) is 12.3 Å². The van der Waals surface area contributed by atoms with E-state index in [-0.39, 0.29) is 16.7 Å². The number of hydrogen-bond acceptors (Lipinski definition) is 2. The van der Waals surface area contributed by atoms with Crippen LogP contribution >= 0.6 is 0 Å². The molecule has 0 amide bonds. The van der Waals surface area contributed by atoms with Crippen LogP contribution in [0.25, 0.3) is 0 Å². The standard InChI is InChI=1S/C24H31NO.C2H6/c1-9-10-20-21(13-14-23(4,5)6)25(24(20,7)8)16-22(26)19-12-11-17(2)18(3)15-19;1-2/h1,10-13,15H,14,16H2,2-8H3;1-2H3/b20-10+,21-13+;. The molecule has 1 heterocycles. The third kappa shape index (κ3) is 5.38. The number of carbonyl (C=O) groups is 1. The molecule has 1 aromatic rings. The summed E-state index contributed by atoms with van der Waals surface area (Å²) in [7, 11) is 0. The number of aryl methyl sites for hydroxylation is 2. The first-order valence-corrected chi connectivity index (χ1v) is 10.2. The van der Waals surface area contributed by atoms with Gasteiger partial charge in [-0.05, 0) is 62.8 Å². The van der Waals surface area contributed by atoms with Crippen molar-refractivity contribution in [3.63, 3.8) is 0 Å². The normalized spacial score (nSPS) is 18.2. The average Bonchev–Trinajstić information content (AvgIpc) is 2.62. The van der Waals surface area contributed by atoms with E-state index in [0.29, 0.717) is 6.54 Å². The summed E-state index contributed by atoms with van der Waals surface area (Å²) in [5.41, 5.74) is 5.32. The van der Waals surface area contributed by atoms with Gasteiger partial charge in [0.1, 0.15) is 0 Å². The summed E-state index contributed by atoms with van der Waals surface area (Å²) in [5, 5.41) is 0. The minimum atomic E-state index is -0.231. The number of rotatable bonds is 4. The van der Waals surface area contributed by atoms with E-state index in [2.05, 4.69) is 58.4 Å². The number of terminal acetylenes is 1. The molecule has 0 aliphatic carbocycles. The van der Waals surface area contributed by atoms with Crippen LogP contribution in [-0.2, 0) is 0 Å². The van der Waals surface area contributed by atoms with Crippen molar-refractivity contribution in [3.05, 3.63) is 58.3 Å². The van der Waals surface area contributed by atoms with Crippen molar-refractivity contribution >= 4 is 5.78 Å². The number of carbonyl (C=O) groups excluding carboxylic acids is 1. The van der Waals surface area contributed by atoms with E-state index in [1.54, 1.807) is 0 Å². The van der Waals surface area contributed by atoms with Crippen LogP contribution in [0.4, 0.5) is 0 Å². The predicted octanol–water partition coefficient (Wildman–Crippen LogP) is 6.49. The minimum Gasteiger partial charge on any atom is -0.354 e. The maximum atomic E-state index is 12.9. The van der Waals surface area contributed by atoms with E-state index in [9.17, 15) is 4.79 Å². The molecule has 0 aromatic heterocycles.